The molecule has 1 aromatic heterocycles. The number of aliphatic hydroxyl groups excluding tert-OH is 1. The molecule has 1 unspecified atom stereocenters. The molecule has 5 heteroatoms. The predicted octanol–water partition coefficient (Wildman–Crippen LogP) is 2.02. The van der Waals surface area contributed by atoms with E-state index in [-0.39, 0.29) is 18.6 Å². The normalized spacial score (nSPS) is 17.7. The average molecular weight is 293 g/mol. The number of rotatable bonds is 6. The van der Waals surface area contributed by atoms with Crippen molar-refractivity contribution in [3.05, 3.63) is 17.0 Å². The molecule has 1 heterocycles. The van der Waals surface area contributed by atoms with Gasteiger partial charge in [-0.2, -0.15) is 5.10 Å². The van der Waals surface area contributed by atoms with Crippen LogP contribution in [0, 0.1) is 19.8 Å². The minimum absolute atomic E-state index is 0.0194. The van der Waals surface area contributed by atoms with Crippen LogP contribution in [0.1, 0.15) is 55.5 Å². The van der Waals surface area contributed by atoms with Crippen molar-refractivity contribution in [3.63, 3.8) is 0 Å². The van der Waals surface area contributed by atoms with Crippen LogP contribution in [0.4, 0.5) is 0 Å². The number of nitrogens with zero attached hydrogens (tertiary/aromatic N) is 1. The summed E-state index contributed by atoms with van der Waals surface area (Å²) >= 11 is 0. The zero-order chi connectivity index (χ0) is 15.2. The maximum absolute atomic E-state index is 12.2. The van der Waals surface area contributed by atoms with E-state index in [1.807, 2.05) is 13.8 Å². The van der Waals surface area contributed by atoms with Gasteiger partial charge in [0.05, 0.1) is 24.8 Å². The summed E-state index contributed by atoms with van der Waals surface area (Å²) in [5.41, 5.74) is 2.77. The van der Waals surface area contributed by atoms with Gasteiger partial charge in [-0.3, -0.25) is 9.89 Å². The van der Waals surface area contributed by atoms with Crippen LogP contribution >= 0.6 is 0 Å². The molecule has 3 N–H and O–H groups in total. The van der Waals surface area contributed by atoms with Crippen LogP contribution in [0.25, 0.3) is 0 Å². The monoisotopic (exact) mass is 293 g/mol. The van der Waals surface area contributed by atoms with Gasteiger partial charge < -0.3 is 10.4 Å². The molecule has 1 amide bonds. The highest BCUT2D eigenvalue weighted by atomic mass is 16.3. The average Bonchev–Trinajstić information content (AvgIpc) is 2.79. The minimum Gasteiger partial charge on any atom is -0.394 e. The van der Waals surface area contributed by atoms with Crippen molar-refractivity contribution in [1.82, 2.24) is 15.5 Å². The van der Waals surface area contributed by atoms with E-state index >= 15 is 0 Å². The van der Waals surface area contributed by atoms with Gasteiger partial charge in [-0.25, -0.2) is 0 Å². The molecule has 1 aromatic rings. The van der Waals surface area contributed by atoms with Gasteiger partial charge in [-0.15, -0.1) is 0 Å². The highest BCUT2D eigenvalue weighted by molar-refractivity contribution is 5.79. The van der Waals surface area contributed by atoms with Crippen molar-refractivity contribution in [1.29, 1.82) is 0 Å². The Bertz CT molecular complexity index is 445. The van der Waals surface area contributed by atoms with Crippen molar-refractivity contribution >= 4 is 5.91 Å². The third-order valence-corrected chi connectivity index (χ3v) is 4.55. The second kappa shape index (κ2) is 7.59. The molecule has 0 bridgehead atoms. The lowest BCUT2D eigenvalue weighted by Gasteiger charge is -2.26. The van der Waals surface area contributed by atoms with Crippen LogP contribution in [-0.4, -0.2) is 33.9 Å². The number of carbonyl (C=O) groups is 1. The van der Waals surface area contributed by atoms with E-state index in [1.165, 1.54) is 32.1 Å². The van der Waals surface area contributed by atoms with Gasteiger partial charge in [0.25, 0.3) is 0 Å². The second-order valence-corrected chi connectivity index (χ2v) is 6.28. The first kappa shape index (κ1) is 16.0. The van der Waals surface area contributed by atoms with Gasteiger partial charge in [0.2, 0.25) is 5.91 Å². The summed E-state index contributed by atoms with van der Waals surface area (Å²) in [4.78, 5) is 12.2. The van der Waals surface area contributed by atoms with E-state index in [2.05, 4.69) is 15.5 Å². The van der Waals surface area contributed by atoms with Gasteiger partial charge in [0.15, 0.2) is 0 Å². The number of H-pyrrole nitrogens is 1. The number of nitrogens with one attached hydrogen (secondary N) is 2. The Balaban J connectivity index is 1.84. The number of aromatic nitrogens is 2. The van der Waals surface area contributed by atoms with Gasteiger partial charge in [-0.1, -0.05) is 32.1 Å². The lowest BCUT2D eigenvalue weighted by atomic mass is 9.85. The molecular weight excluding hydrogens is 266 g/mol. The molecule has 1 aliphatic carbocycles. The van der Waals surface area contributed by atoms with Crippen molar-refractivity contribution in [3.8, 4) is 0 Å². The highest BCUT2D eigenvalue weighted by Gasteiger charge is 2.20. The number of aliphatic hydroxyl groups is 1. The fourth-order valence-electron chi connectivity index (χ4n) is 3.28. The topological polar surface area (TPSA) is 78.0 Å². The summed E-state index contributed by atoms with van der Waals surface area (Å²) < 4.78 is 0. The van der Waals surface area contributed by atoms with Gasteiger partial charge >= 0.3 is 0 Å². The number of aromatic amines is 1. The first-order chi connectivity index (χ1) is 10.1. The number of amides is 1. The number of carbonyl (C=O) groups excluding carboxylic acids is 1. The molecule has 5 nitrogen and oxygen atoms in total. The summed E-state index contributed by atoms with van der Waals surface area (Å²) in [6.45, 7) is 3.84. The molecule has 1 fully saturated rings. The van der Waals surface area contributed by atoms with Crippen molar-refractivity contribution in [2.45, 2.75) is 64.8 Å². The van der Waals surface area contributed by atoms with Gasteiger partial charge in [0.1, 0.15) is 0 Å². The molecule has 2 rings (SSSR count). The van der Waals surface area contributed by atoms with Crippen LogP contribution in [0.2, 0.25) is 0 Å². The lowest BCUT2D eigenvalue weighted by molar-refractivity contribution is -0.121. The summed E-state index contributed by atoms with van der Waals surface area (Å²) in [5, 5.41) is 19.5. The molecule has 0 aromatic carbocycles. The fourth-order valence-corrected chi connectivity index (χ4v) is 3.28. The number of hydrogen-bond acceptors (Lipinski definition) is 3. The molecular formula is C16H27N3O2. The van der Waals surface area contributed by atoms with E-state index in [4.69, 9.17) is 0 Å². The summed E-state index contributed by atoms with van der Waals surface area (Å²) in [5.74, 6) is 0.617. The maximum Gasteiger partial charge on any atom is 0.224 e. The van der Waals surface area contributed by atoms with Gasteiger partial charge in [-0.05, 0) is 26.2 Å². The molecule has 0 saturated heterocycles. The van der Waals surface area contributed by atoms with Crippen LogP contribution in [-0.2, 0) is 11.2 Å². The first-order valence-corrected chi connectivity index (χ1v) is 8.00. The Kier molecular flexibility index (Phi) is 5.79. The van der Waals surface area contributed by atoms with Gasteiger partial charge in [0, 0.05) is 11.3 Å². The zero-order valence-corrected chi connectivity index (χ0v) is 13.1. The third kappa shape index (κ3) is 4.56. The maximum atomic E-state index is 12.2. The molecule has 0 aliphatic heterocycles. The highest BCUT2D eigenvalue weighted by Crippen LogP contribution is 2.27. The lowest BCUT2D eigenvalue weighted by Crippen LogP contribution is -2.40. The summed E-state index contributed by atoms with van der Waals surface area (Å²) in [7, 11) is 0. The Morgan fingerprint density at radius 2 is 2.10 bits per heavy atom. The smallest absolute Gasteiger partial charge is 0.224 e. The Morgan fingerprint density at radius 1 is 1.38 bits per heavy atom. The van der Waals surface area contributed by atoms with E-state index in [0.29, 0.717) is 12.3 Å². The SMILES string of the molecule is Cc1n[nH]c(C)c1CC(=O)NC(CO)CC1CCCCC1. The molecule has 1 atom stereocenters. The largest absolute Gasteiger partial charge is 0.394 e. The molecule has 1 aliphatic rings. The second-order valence-electron chi connectivity index (χ2n) is 6.28. The minimum atomic E-state index is -0.117. The molecule has 118 valence electrons. The van der Waals surface area contributed by atoms with E-state index < -0.39 is 0 Å². The number of hydrogen-bond donors (Lipinski definition) is 3. The first-order valence-electron chi connectivity index (χ1n) is 8.00. The van der Waals surface area contributed by atoms with Crippen LogP contribution in [0.5, 0.6) is 0 Å². The van der Waals surface area contributed by atoms with E-state index in [1.54, 1.807) is 0 Å². The van der Waals surface area contributed by atoms with Crippen LogP contribution < -0.4 is 5.32 Å². The van der Waals surface area contributed by atoms with E-state index in [0.717, 1.165) is 23.4 Å². The quantitative estimate of drug-likeness (QED) is 0.751. The Morgan fingerprint density at radius 3 is 2.67 bits per heavy atom. The summed E-state index contributed by atoms with van der Waals surface area (Å²) in [6, 6.07) is -0.117. The van der Waals surface area contributed by atoms with Crippen molar-refractivity contribution in [2.24, 2.45) is 5.92 Å². The predicted molar refractivity (Wildman–Crippen MR) is 82.0 cm³/mol. The Labute approximate surface area is 126 Å². The van der Waals surface area contributed by atoms with Crippen LogP contribution in [0.15, 0.2) is 0 Å². The van der Waals surface area contributed by atoms with E-state index in [9.17, 15) is 9.90 Å². The number of aryl methyl sites for hydroxylation is 2. The molecule has 0 spiro atoms. The molecule has 1 saturated carbocycles. The molecule has 21 heavy (non-hydrogen) atoms. The third-order valence-electron chi connectivity index (χ3n) is 4.55. The zero-order valence-electron chi connectivity index (χ0n) is 13.1. The van der Waals surface area contributed by atoms with Crippen LogP contribution in [0.3, 0.4) is 0 Å². The molecule has 0 radical (unpaired) electrons. The summed E-state index contributed by atoms with van der Waals surface area (Å²) in [6.07, 6.45) is 7.57. The Hall–Kier alpha value is -1.36. The van der Waals surface area contributed by atoms with Crippen molar-refractivity contribution in [2.75, 3.05) is 6.61 Å². The van der Waals surface area contributed by atoms with Crippen molar-refractivity contribution < 1.29 is 9.90 Å². The standard InChI is InChI=1S/C16H27N3O2/c1-11-15(12(2)19-18-11)9-16(21)17-14(10-20)8-13-6-4-3-5-7-13/h13-14,20H,3-10H2,1-2H3,(H,17,21)(H,18,19). The fraction of sp³-hybridized carbons (Fsp3) is 0.750.